The highest BCUT2D eigenvalue weighted by Gasteiger charge is 2.24. The van der Waals surface area contributed by atoms with Crippen LogP contribution in [0.5, 0.6) is 0 Å². The quantitative estimate of drug-likeness (QED) is 0.643. The number of nitrogens with zero attached hydrogens (tertiary/aromatic N) is 1. The van der Waals surface area contributed by atoms with Gasteiger partial charge in [-0.15, -0.1) is 11.6 Å². The largest absolute Gasteiger partial charge is 0.383 e. The lowest BCUT2D eigenvalue weighted by Gasteiger charge is -2.24. The van der Waals surface area contributed by atoms with Crippen molar-refractivity contribution in [1.82, 2.24) is 4.31 Å². The molecule has 4 nitrogen and oxygen atoms in total. The molecule has 0 heterocycles. The second kappa shape index (κ2) is 6.68. The van der Waals surface area contributed by atoms with Crippen LogP contribution < -0.4 is 0 Å². The van der Waals surface area contributed by atoms with Gasteiger partial charge in [-0.3, -0.25) is 0 Å². The first-order valence-corrected chi connectivity index (χ1v) is 7.00. The summed E-state index contributed by atoms with van der Waals surface area (Å²) in [5, 5.41) is 0. The highest BCUT2D eigenvalue weighted by molar-refractivity contribution is 7.89. The summed E-state index contributed by atoms with van der Waals surface area (Å²) >= 11 is 5.60. The Morgan fingerprint density at radius 3 is 2.33 bits per heavy atom. The first kappa shape index (κ1) is 15.2. The first-order chi connectivity index (χ1) is 6.85. The van der Waals surface area contributed by atoms with Gasteiger partial charge in [0.15, 0.2) is 0 Å². The SMILES string of the molecule is COCC(C)N(C)S(=O)(=O)CC(C)CCl. The number of hydrogen-bond acceptors (Lipinski definition) is 3. The highest BCUT2D eigenvalue weighted by atomic mass is 35.5. The van der Waals surface area contributed by atoms with Gasteiger partial charge in [0.25, 0.3) is 0 Å². The van der Waals surface area contributed by atoms with Gasteiger partial charge < -0.3 is 4.74 Å². The van der Waals surface area contributed by atoms with E-state index in [0.717, 1.165) is 0 Å². The third-order valence-electron chi connectivity index (χ3n) is 2.23. The highest BCUT2D eigenvalue weighted by Crippen LogP contribution is 2.10. The molecule has 0 aliphatic rings. The van der Waals surface area contributed by atoms with Crippen molar-refractivity contribution in [3.05, 3.63) is 0 Å². The fourth-order valence-electron chi connectivity index (χ4n) is 1.14. The van der Waals surface area contributed by atoms with Crippen molar-refractivity contribution in [2.75, 3.05) is 32.4 Å². The maximum absolute atomic E-state index is 11.8. The molecule has 0 spiro atoms. The van der Waals surface area contributed by atoms with E-state index in [2.05, 4.69) is 0 Å². The van der Waals surface area contributed by atoms with Crippen molar-refractivity contribution in [1.29, 1.82) is 0 Å². The number of ether oxygens (including phenoxy) is 1. The van der Waals surface area contributed by atoms with Crippen molar-refractivity contribution in [3.8, 4) is 0 Å². The molecule has 2 atom stereocenters. The summed E-state index contributed by atoms with van der Waals surface area (Å²) in [4.78, 5) is 0. The van der Waals surface area contributed by atoms with E-state index in [1.165, 1.54) is 4.31 Å². The van der Waals surface area contributed by atoms with Crippen molar-refractivity contribution in [2.24, 2.45) is 5.92 Å². The zero-order chi connectivity index (χ0) is 12.1. The molecule has 0 aliphatic carbocycles. The molecule has 0 aromatic rings. The Morgan fingerprint density at radius 2 is 1.93 bits per heavy atom. The van der Waals surface area contributed by atoms with E-state index in [4.69, 9.17) is 16.3 Å². The number of rotatable bonds is 7. The Morgan fingerprint density at radius 1 is 1.40 bits per heavy atom. The number of halogens is 1. The van der Waals surface area contributed by atoms with Gasteiger partial charge in [-0.2, -0.15) is 4.31 Å². The average molecular weight is 258 g/mol. The molecule has 6 heteroatoms. The normalized spacial score (nSPS) is 16.7. The van der Waals surface area contributed by atoms with Gasteiger partial charge in [-0.1, -0.05) is 6.92 Å². The van der Waals surface area contributed by atoms with Crippen molar-refractivity contribution in [3.63, 3.8) is 0 Å². The number of sulfonamides is 1. The van der Waals surface area contributed by atoms with E-state index in [0.29, 0.717) is 12.5 Å². The van der Waals surface area contributed by atoms with E-state index in [1.807, 2.05) is 13.8 Å². The summed E-state index contributed by atoms with van der Waals surface area (Å²) in [6.45, 7) is 4.02. The molecular formula is C9H20ClNO3S. The van der Waals surface area contributed by atoms with Gasteiger partial charge in [0.05, 0.1) is 12.4 Å². The van der Waals surface area contributed by atoms with Crippen LogP contribution in [0.1, 0.15) is 13.8 Å². The van der Waals surface area contributed by atoms with E-state index in [9.17, 15) is 8.42 Å². The summed E-state index contributed by atoms with van der Waals surface area (Å²) in [5.41, 5.74) is 0. The number of hydrogen-bond donors (Lipinski definition) is 0. The van der Waals surface area contributed by atoms with Crippen LogP contribution in [0.2, 0.25) is 0 Å². The Bertz CT molecular complexity index is 269. The van der Waals surface area contributed by atoms with Gasteiger partial charge in [-0.25, -0.2) is 8.42 Å². The minimum absolute atomic E-state index is 0.0335. The van der Waals surface area contributed by atoms with E-state index in [-0.39, 0.29) is 17.7 Å². The molecule has 0 aromatic heterocycles. The van der Waals surface area contributed by atoms with Crippen LogP contribution in [0, 0.1) is 5.92 Å². The molecule has 0 amide bonds. The lowest BCUT2D eigenvalue weighted by Crippen LogP contribution is -2.40. The van der Waals surface area contributed by atoms with Crippen LogP contribution in [-0.2, 0) is 14.8 Å². The molecule has 0 saturated heterocycles. The lowest BCUT2D eigenvalue weighted by molar-refractivity contribution is 0.149. The van der Waals surface area contributed by atoms with Gasteiger partial charge in [0.1, 0.15) is 0 Å². The third-order valence-corrected chi connectivity index (χ3v) is 4.98. The molecule has 0 fully saturated rings. The molecule has 0 saturated carbocycles. The molecule has 15 heavy (non-hydrogen) atoms. The Hall–Kier alpha value is 0.160. The minimum atomic E-state index is -3.22. The number of likely N-dealkylation sites (N-methyl/N-ethyl adjacent to an activating group) is 1. The summed E-state index contributed by atoms with van der Waals surface area (Å²) in [5.74, 6) is 0.404. The Kier molecular flexibility index (Phi) is 6.75. The Balaban J connectivity index is 4.44. The third kappa shape index (κ3) is 5.15. The maximum atomic E-state index is 11.8. The van der Waals surface area contributed by atoms with Gasteiger partial charge in [0, 0.05) is 26.1 Å². The molecule has 2 unspecified atom stereocenters. The molecule has 0 aromatic carbocycles. The summed E-state index contributed by atoms with van der Waals surface area (Å²) in [6, 6.07) is -0.150. The second-order valence-electron chi connectivity index (χ2n) is 3.86. The molecule has 0 radical (unpaired) electrons. The minimum Gasteiger partial charge on any atom is -0.383 e. The average Bonchev–Trinajstić information content (AvgIpc) is 2.16. The molecule has 0 aliphatic heterocycles. The summed E-state index contributed by atoms with van der Waals surface area (Å²) in [7, 11) is -0.101. The number of alkyl halides is 1. The van der Waals surface area contributed by atoms with Crippen LogP contribution in [-0.4, -0.2) is 51.2 Å². The van der Waals surface area contributed by atoms with E-state index >= 15 is 0 Å². The van der Waals surface area contributed by atoms with Gasteiger partial charge in [0.2, 0.25) is 10.0 Å². The van der Waals surface area contributed by atoms with Crippen LogP contribution >= 0.6 is 11.6 Å². The van der Waals surface area contributed by atoms with E-state index in [1.54, 1.807) is 14.2 Å². The second-order valence-corrected chi connectivity index (χ2v) is 6.24. The fraction of sp³-hybridized carbons (Fsp3) is 1.00. The number of methoxy groups -OCH3 is 1. The van der Waals surface area contributed by atoms with Crippen molar-refractivity contribution >= 4 is 21.6 Å². The van der Waals surface area contributed by atoms with Gasteiger partial charge >= 0.3 is 0 Å². The zero-order valence-corrected chi connectivity index (χ0v) is 11.3. The Labute approximate surface area is 97.6 Å². The monoisotopic (exact) mass is 257 g/mol. The smallest absolute Gasteiger partial charge is 0.214 e. The van der Waals surface area contributed by atoms with E-state index < -0.39 is 10.0 Å². The molecule has 92 valence electrons. The van der Waals surface area contributed by atoms with Crippen molar-refractivity contribution < 1.29 is 13.2 Å². The van der Waals surface area contributed by atoms with Crippen LogP contribution in [0.3, 0.4) is 0 Å². The topological polar surface area (TPSA) is 46.6 Å². The predicted octanol–water partition coefficient (Wildman–Crippen LogP) is 1.16. The summed E-state index contributed by atoms with van der Waals surface area (Å²) < 4.78 is 29.9. The maximum Gasteiger partial charge on any atom is 0.214 e. The van der Waals surface area contributed by atoms with Crippen molar-refractivity contribution in [2.45, 2.75) is 19.9 Å². The van der Waals surface area contributed by atoms with Crippen LogP contribution in [0.15, 0.2) is 0 Å². The zero-order valence-electron chi connectivity index (χ0n) is 9.73. The molecular weight excluding hydrogens is 238 g/mol. The first-order valence-electron chi connectivity index (χ1n) is 4.85. The van der Waals surface area contributed by atoms with Crippen LogP contribution in [0.4, 0.5) is 0 Å². The summed E-state index contributed by atoms with van der Waals surface area (Å²) in [6.07, 6.45) is 0. The predicted molar refractivity (Wildman–Crippen MR) is 62.8 cm³/mol. The lowest BCUT2D eigenvalue weighted by atomic mass is 10.3. The molecule has 0 N–H and O–H groups in total. The standard InChI is InChI=1S/C9H20ClNO3S/c1-8(5-10)7-15(12,13)11(3)9(2)6-14-4/h8-9H,5-7H2,1-4H3. The fourth-order valence-corrected chi connectivity index (χ4v) is 3.06. The molecule has 0 bridgehead atoms. The van der Waals surface area contributed by atoms with Gasteiger partial charge in [-0.05, 0) is 12.8 Å². The molecule has 0 rings (SSSR count). The van der Waals surface area contributed by atoms with Crippen LogP contribution in [0.25, 0.3) is 0 Å².